The van der Waals surface area contributed by atoms with Gasteiger partial charge in [-0.1, -0.05) is 17.7 Å². The highest BCUT2D eigenvalue weighted by Crippen LogP contribution is 2.31. The molecule has 1 saturated heterocycles. The summed E-state index contributed by atoms with van der Waals surface area (Å²) in [7, 11) is -1.20. The van der Waals surface area contributed by atoms with Crippen molar-refractivity contribution < 1.29 is 13.2 Å². The summed E-state index contributed by atoms with van der Waals surface area (Å²) in [5.41, 5.74) is 8.18. The zero-order chi connectivity index (χ0) is 14.8. The van der Waals surface area contributed by atoms with Crippen LogP contribution >= 0.6 is 0 Å². The second-order valence-electron chi connectivity index (χ2n) is 5.68. The van der Waals surface area contributed by atoms with Crippen molar-refractivity contribution in [3.05, 3.63) is 29.3 Å². The van der Waals surface area contributed by atoms with Crippen LogP contribution in [0.15, 0.2) is 18.2 Å². The summed E-state index contributed by atoms with van der Waals surface area (Å²) in [4.78, 5) is 0. The Hall–Kier alpha value is -1.07. The Morgan fingerprint density at radius 2 is 2.20 bits per heavy atom. The zero-order valence-corrected chi connectivity index (χ0v) is 12.9. The summed E-state index contributed by atoms with van der Waals surface area (Å²) in [6.07, 6.45) is 1.51. The fourth-order valence-electron chi connectivity index (χ4n) is 2.99. The molecule has 0 bridgehead atoms. The van der Waals surface area contributed by atoms with E-state index >= 15 is 0 Å². The van der Waals surface area contributed by atoms with Gasteiger partial charge in [-0.15, -0.1) is 0 Å². The molecule has 0 aromatic heterocycles. The fourth-order valence-corrected chi connectivity index (χ4v) is 4.91. The lowest BCUT2D eigenvalue weighted by molar-refractivity contribution is 0.358. The Morgan fingerprint density at radius 1 is 1.45 bits per heavy atom. The Morgan fingerprint density at radius 3 is 2.75 bits per heavy atom. The normalized spacial score (nSPS) is 22.6. The van der Waals surface area contributed by atoms with E-state index in [2.05, 4.69) is 6.07 Å². The minimum Gasteiger partial charge on any atom is -0.496 e. The fraction of sp³-hybridized carbons (Fsp3) is 0.600. The van der Waals surface area contributed by atoms with Crippen molar-refractivity contribution in [3.8, 4) is 5.75 Å². The third-order valence-electron chi connectivity index (χ3n) is 4.16. The SMILES string of the molecule is COc1ccc(C)cc1CC(CN)C1CCS(=O)(=O)C1. The van der Waals surface area contributed by atoms with E-state index in [9.17, 15) is 8.42 Å². The van der Waals surface area contributed by atoms with Crippen LogP contribution in [0.2, 0.25) is 0 Å². The molecular weight excluding hydrogens is 274 g/mol. The van der Waals surface area contributed by atoms with E-state index in [1.54, 1.807) is 7.11 Å². The molecule has 2 unspecified atom stereocenters. The van der Waals surface area contributed by atoms with Crippen LogP contribution < -0.4 is 10.5 Å². The van der Waals surface area contributed by atoms with Crippen LogP contribution in [-0.2, 0) is 16.3 Å². The standard InChI is InChI=1S/C15H23NO3S/c1-11-3-4-15(19-2)13(7-11)8-14(9-16)12-5-6-20(17,18)10-12/h3-4,7,12,14H,5-6,8-10,16H2,1-2H3. The molecule has 112 valence electrons. The number of benzene rings is 1. The monoisotopic (exact) mass is 297 g/mol. The van der Waals surface area contributed by atoms with Crippen molar-refractivity contribution >= 4 is 9.84 Å². The van der Waals surface area contributed by atoms with Crippen molar-refractivity contribution in [1.82, 2.24) is 0 Å². The highest BCUT2D eigenvalue weighted by molar-refractivity contribution is 7.91. The summed E-state index contributed by atoms with van der Waals surface area (Å²) in [6, 6.07) is 6.08. The van der Waals surface area contributed by atoms with Gasteiger partial charge in [0.1, 0.15) is 5.75 Å². The van der Waals surface area contributed by atoms with E-state index < -0.39 is 9.84 Å². The van der Waals surface area contributed by atoms with Crippen LogP contribution in [0.4, 0.5) is 0 Å². The molecule has 0 spiro atoms. The van der Waals surface area contributed by atoms with Gasteiger partial charge in [0.05, 0.1) is 18.6 Å². The number of ether oxygens (including phenoxy) is 1. The topological polar surface area (TPSA) is 69.4 Å². The van der Waals surface area contributed by atoms with Crippen molar-refractivity contribution in [2.75, 3.05) is 25.2 Å². The lowest BCUT2D eigenvalue weighted by atomic mass is 9.86. The number of sulfone groups is 1. The molecule has 1 aliphatic heterocycles. The molecule has 2 N–H and O–H groups in total. The van der Waals surface area contributed by atoms with E-state index in [1.165, 1.54) is 5.56 Å². The highest BCUT2D eigenvalue weighted by Gasteiger charge is 2.33. The minimum absolute atomic E-state index is 0.176. The molecule has 20 heavy (non-hydrogen) atoms. The summed E-state index contributed by atoms with van der Waals surface area (Å²) in [5, 5.41) is 0. The zero-order valence-electron chi connectivity index (χ0n) is 12.1. The molecule has 0 aliphatic carbocycles. The van der Waals surface area contributed by atoms with Gasteiger partial charge in [0, 0.05) is 0 Å². The molecule has 1 aromatic carbocycles. The molecule has 0 radical (unpaired) electrons. The molecule has 1 aromatic rings. The third-order valence-corrected chi connectivity index (χ3v) is 5.95. The summed E-state index contributed by atoms with van der Waals surface area (Å²) >= 11 is 0. The van der Waals surface area contributed by atoms with Gasteiger partial charge in [0.2, 0.25) is 0 Å². The molecular formula is C15H23NO3S. The average molecular weight is 297 g/mol. The predicted molar refractivity (Wildman–Crippen MR) is 80.7 cm³/mol. The van der Waals surface area contributed by atoms with E-state index in [0.717, 1.165) is 24.2 Å². The maximum Gasteiger partial charge on any atom is 0.150 e. The van der Waals surface area contributed by atoms with Crippen LogP contribution in [0.5, 0.6) is 5.75 Å². The molecule has 1 aliphatic rings. The molecule has 1 heterocycles. The number of rotatable bonds is 5. The molecule has 1 fully saturated rings. The largest absolute Gasteiger partial charge is 0.496 e. The van der Waals surface area contributed by atoms with Crippen molar-refractivity contribution in [3.63, 3.8) is 0 Å². The molecule has 5 heteroatoms. The lowest BCUT2D eigenvalue weighted by Crippen LogP contribution is -2.26. The number of methoxy groups -OCH3 is 1. The second-order valence-corrected chi connectivity index (χ2v) is 7.91. The lowest BCUT2D eigenvalue weighted by Gasteiger charge is -2.22. The maximum atomic E-state index is 11.6. The molecule has 0 saturated carbocycles. The number of hydrogen-bond donors (Lipinski definition) is 1. The number of aryl methyl sites for hydroxylation is 1. The van der Waals surface area contributed by atoms with Crippen LogP contribution in [0, 0.1) is 18.8 Å². The van der Waals surface area contributed by atoms with Crippen LogP contribution in [0.25, 0.3) is 0 Å². The Labute approximate surface area is 121 Å². The summed E-state index contributed by atoms with van der Waals surface area (Å²) in [5.74, 6) is 1.82. The van der Waals surface area contributed by atoms with E-state index in [4.69, 9.17) is 10.5 Å². The van der Waals surface area contributed by atoms with Gasteiger partial charge in [-0.25, -0.2) is 8.42 Å². The first-order valence-corrected chi connectivity index (χ1v) is 8.81. The quantitative estimate of drug-likeness (QED) is 0.895. The van der Waals surface area contributed by atoms with Gasteiger partial charge in [0.15, 0.2) is 9.84 Å². The van der Waals surface area contributed by atoms with Gasteiger partial charge in [0.25, 0.3) is 0 Å². The molecule has 2 rings (SSSR count). The van der Waals surface area contributed by atoms with Gasteiger partial charge in [-0.2, -0.15) is 0 Å². The van der Waals surface area contributed by atoms with Crippen LogP contribution in [-0.4, -0.2) is 33.6 Å². The van der Waals surface area contributed by atoms with Crippen molar-refractivity contribution in [2.45, 2.75) is 19.8 Å². The molecule has 4 nitrogen and oxygen atoms in total. The van der Waals surface area contributed by atoms with E-state index in [-0.39, 0.29) is 17.6 Å². The van der Waals surface area contributed by atoms with Gasteiger partial charge in [-0.3, -0.25) is 0 Å². The molecule has 2 atom stereocenters. The smallest absolute Gasteiger partial charge is 0.150 e. The van der Waals surface area contributed by atoms with Gasteiger partial charge >= 0.3 is 0 Å². The van der Waals surface area contributed by atoms with Gasteiger partial charge in [-0.05, 0) is 49.8 Å². The highest BCUT2D eigenvalue weighted by atomic mass is 32.2. The second kappa shape index (κ2) is 6.14. The first-order valence-electron chi connectivity index (χ1n) is 6.99. The Bertz CT molecular complexity index is 568. The predicted octanol–water partition coefficient (Wildman–Crippen LogP) is 1.56. The third kappa shape index (κ3) is 3.52. The number of hydrogen-bond acceptors (Lipinski definition) is 4. The van der Waals surface area contributed by atoms with Crippen LogP contribution in [0.1, 0.15) is 17.5 Å². The first-order chi connectivity index (χ1) is 9.45. The van der Waals surface area contributed by atoms with Gasteiger partial charge < -0.3 is 10.5 Å². The Balaban J connectivity index is 2.16. The average Bonchev–Trinajstić information content (AvgIpc) is 2.76. The number of nitrogens with two attached hydrogens (primary N) is 1. The summed E-state index contributed by atoms with van der Waals surface area (Å²) < 4.78 is 28.6. The van der Waals surface area contributed by atoms with Crippen molar-refractivity contribution in [2.24, 2.45) is 17.6 Å². The maximum absolute atomic E-state index is 11.6. The summed E-state index contributed by atoms with van der Waals surface area (Å²) in [6.45, 7) is 2.55. The minimum atomic E-state index is -2.85. The van der Waals surface area contributed by atoms with Crippen molar-refractivity contribution in [1.29, 1.82) is 0 Å². The van der Waals surface area contributed by atoms with Crippen LogP contribution in [0.3, 0.4) is 0 Å². The Kier molecular flexibility index (Phi) is 4.70. The molecule has 0 amide bonds. The first kappa shape index (κ1) is 15.3. The van der Waals surface area contributed by atoms with E-state index in [1.807, 2.05) is 19.1 Å². The van der Waals surface area contributed by atoms with E-state index in [0.29, 0.717) is 12.3 Å².